The third-order valence-corrected chi connectivity index (χ3v) is 3.86. The van der Waals surface area contributed by atoms with Gasteiger partial charge in [-0.05, 0) is 30.4 Å². The van der Waals surface area contributed by atoms with Gasteiger partial charge in [-0.2, -0.15) is 0 Å². The maximum Gasteiger partial charge on any atom is 0.321 e. The van der Waals surface area contributed by atoms with Crippen LogP contribution in [0.25, 0.3) is 10.8 Å². The minimum Gasteiger partial charge on any atom is -0.530 e. The van der Waals surface area contributed by atoms with Crippen LogP contribution in [0.3, 0.4) is 0 Å². The number of anilines is 1. The van der Waals surface area contributed by atoms with Crippen molar-refractivity contribution in [3.8, 4) is 0 Å². The largest absolute Gasteiger partial charge is 0.530 e. The summed E-state index contributed by atoms with van der Waals surface area (Å²) in [6, 6.07) is 9.52. The third-order valence-electron chi connectivity index (χ3n) is 3.86. The lowest BCUT2D eigenvalue weighted by Crippen LogP contribution is -2.51. The third kappa shape index (κ3) is 2.69. The summed E-state index contributed by atoms with van der Waals surface area (Å²) in [5.41, 5.74) is 0. The van der Waals surface area contributed by atoms with Crippen molar-refractivity contribution in [3.05, 3.63) is 36.5 Å². The van der Waals surface area contributed by atoms with Crippen LogP contribution in [0, 0.1) is 0 Å². The van der Waals surface area contributed by atoms with Crippen LogP contribution in [0.5, 0.6) is 0 Å². The summed E-state index contributed by atoms with van der Waals surface area (Å²) in [5.74, 6) is 0.582. The standard InChI is InChI=1S/C15H17N3O3/c19-15(20)17-8-3-5-12(10-17)16-14-13-6-2-1-4-11(13)7-9-18(14)21/h1-2,4,6-7,9,12,21H,3,5,8,10H2,(H,19,20)/t12-/m1/s1. The molecule has 0 bridgehead atoms. The smallest absolute Gasteiger partial charge is 0.321 e. The minimum absolute atomic E-state index is 0.0409. The van der Waals surface area contributed by atoms with Gasteiger partial charge in [0.1, 0.15) is 18.3 Å². The van der Waals surface area contributed by atoms with E-state index < -0.39 is 6.09 Å². The van der Waals surface area contributed by atoms with Crippen LogP contribution in [0.4, 0.5) is 10.6 Å². The van der Waals surface area contributed by atoms with E-state index in [-0.39, 0.29) is 6.04 Å². The molecule has 110 valence electrons. The van der Waals surface area contributed by atoms with Gasteiger partial charge in [0.05, 0.1) is 11.9 Å². The van der Waals surface area contributed by atoms with Crippen molar-refractivity contribution >= 4 is 22.7 Å². The second-order valence-corrected chi connectivity index (χ2v) is 5.29. The van der Waals surface area contributed by atoms with Crippen LogP contribution in [-0.4, -0.2) is 35.3 Å². The Morgan fingerprint density at radius 1 is 1.38 bits per heavy atom. The Morgan fingerprint density at radius 2 is 2.19 bits per heavy atom. The molecule has 1 saturated heterocycles. The van der Waals surface area contributed by atoms with E-state index in [0.717, 1.165) is 28.3 Å². The van der Waals surface area contributed by atoms with Crippen molar-refractivity contribution in [2.24, 2.45) is 0 Å². The lowest BCUT2D eigenvalue weighted by molar-refractivity contribution is -0.893. The van der Waals surface area contributed by atoms with E-state index >= 15 is 0 Å². The Balaban J connectivity index is 1.87. The molecule has 0 saturated carbocycles. The molecule has 3 rings (SSSR count). The molecule has 21 heavy (non-hydrogen) atoms. The molecule has 1 atom stereocenters. The molecule has 2 heterocycles. The SMILES string of the molecule is O=C([O-])N1CCC[C@@H](Nc2c3ccccc3cc[n+]2O)C1. The minimum atomic E-state index is -1.14. The molecule has 1 amide bonds. The van der Waals surface area contributed by atoms with E-state index in [0.29, 0.717) is 18.9 Å². The maximum atomic E-state index is 11.0. The van der Waals surface area contributed by atoms with Crippen LogP contribution in [-0.2, 0) is 0 Å². The first-order chi connectivity index (χ1) is 10.1. The van der Waals surface area contributed by atoms with Gasteiger partial charge in [0.15, 0.2) is 0 Å². The number of rotatable bonds is 2. The molecule has 0 unspecified atom stereocenters. The quantitative estimate of drug-likeness (QED) is 0.625. The highest BCUT2D eigenvalue weighted by Gasteiger charge is 2.25. The zero-order valence-electron chi connectivity index (χ0n) is 11.5. The molecule has 6 nitrogen and oxygen atoms in total. The van der Waals surface area contributed by atoms with Gasteiger partial charge in [-0.15, -0.1) is 0 Å². The van der Waals surface area contributed by atoms with Gasteiger partial charge in [-0.25, -0.2) is 0 Å². The van der Waals surface area contributed by atoms with E-state index in [1.807, 2.05) is 30.3 Å². The fraction of sp³-hybridized carbons (Fsp3) is 0.333. The Hall–Kier alpha value is -2.50. The average molecular weight is 287 g/mol. The fourth-order valence-electron chi connectivity index (χ4n) is 2.80. The van der Waals surface area contributed by atoms with E-state index in [1.165, 1.54) is 4.90 Å². The lowest BCUT2D eigenvalue weighted by Gasteiger charge is -2.32. The van der Waals surface area contributed by atoms with Crippen molar-refractivity contribution in [2.75, 3.05) is 18.4 Å². The van der Waals surface area contributed by atoms with Crippen molar-refractivity contribution in [1.82, 2.24) is 4.90 Å². The highest BCUT2D eigenvalue weighted by molar-refractivity contribution is 5.90. The van der Waals surface area contributed by atoms with Crippen LogP contribution >= 0.6 is 0 Å². The number of piperidine rings is 1. The zero-order valence-corrected chi connectivity index (χ0v) is 11.5. The summed E-state index contributed by atoms with van der Waals surface area (Å²) < 4.78 is 1.04. The summed E-state index contributed by atoms with van der Waals surface area (Å²) in [4.78, 5) is 12.3. The molecule has 0 radical (unpaired) electrons. The number of pyridine rings is 1. The first kappa shape index (κ1) is 13.5. The van der Waals surface area contributed by atoms with Crippen molar-refractivity contribution in [2.45, 2.75) is 18.9 Å². The van der Waals surface area contributed by atoms with Crippen LogP contribution in [0.1, 0.15) is 12.8 Å². The number of benzene rings is 1. The van der Waals surface area contributed by atoms with Gasteiger partial charge in [-0.3, -0.25) is 5.32 Å². The molecule has 1 fully saturated rings. The topological polar surface area (TPSA) is 79.5 Å². The number of hydrogen-bond donors (Lipinski definition) is 2. The summed E-state index contributed by atoms with van der Waals surface area (Å²) in [6.45, 7) is 0.876. The Bertz CT molecular complexity index is 674. The Kier molecular flexibility index (Phi) is 3.51. The predicted octanol–water partition coefficient (Wildman–Crippen LogP) is 0.584. The van der Waals surface area contributed by atoms with Gasteiger partial charge in [0.2, 0.25) is 0 Å². The van der Waals surface area contributed by atoms with Crippen molar-refractivity contribution in [1.29, 1.82) is 0 Å². The van der Waals surface area contributed by atoms with Gasteiger partial charge < -0.3 is 20.0 Å². The summed E-state index contributed by atoms with van der Waals surface area (Å²) >= 11 is 0. The normalized spacial score (nSPS) is 18.7. The number of likely N-dealkylation sites (tertiary alicyclic amines) is 1. The number of nitrogens with one attached hydrogen (secondary N) is 1. The first-order valence-corrected chi connectivity index (χ1v) is 7.00. The highest BCUT2D eigenvalue weighted by atomic mass is 16.5. The number of carbonyl (C=O) groups excluding carboxylic acids is 1. The lowest BCUT2D eigenvalue weighted by atomic mass is 10.1. The number of carboxylic acid groups (broad SMARTS) is 1. The van der Waals surface area contributed by atoms with Crippen molar-refractivity contribution in [3.63, 3.8) is 0 Å². The van der Waals surface area contributed by atoms with Gasteiger partial charge in [0, 0.05) is 6.54 Å². The predicted molar refractivity (Wildman–Crippen MR) is 74.9 cm³/mol. The van der Waals surface area contributed by atoms with E-state index in [2.05, 4.69) is 5.32 Å². The molecular weight excluding hydrogens is 270 g/mol. The zero-order chi connectivity index (χ0) is 14.8. The second-order valence-electron chi connectivity index (χ2n) is 5.29. The first-order valence-electron chi connectivity index (χ1n) is 7.00. The monoisotopic (exact) mass is 287 g/mol. The van der Waals surface area contributed by atoms with E-state index in [4.69, 9.17) is 0 Å². The second kappa shape index (κ2) is 5.47. The van der Waals surface area contributed by atoms with E-state index in [1.54, 1.807) is 6.20 Å². The van der Waals surface area contributed by atoms with Crippen LogP contribution < -0.4 is 15.2 Å². The summed E-state index contributed by atoms with van der Waals surface area (Å²) in [7, 11) is 0. The van der Waals surface area contributed by atoms with Gasteiger partial charge in [-0.1, -0.05) is 22.9 Å². The molecule has 6 heteroatoms. The number of aromatic nitrogens is 1. The number of fused-ring (bicyclic) bond motifs is 1. The average Bonchev–Trinajstić information content (AvgIpc) is 2.50. The molecule has 1 aliphatic rings. The molecule has 0 aliphatic carbocycles. The van der Waals surface area contributed by atoms with Gasteiger partial charge in [0.25, 0.3) is 0 Å². The molecule has 2 aromatic rings. The van der Waals surface area contributed by atoms with Crippen molar-refractivity contribution < 1.29 is 19.8 Å². The summed E-state index contributed by atoms with van der Waals surface area (Å²) in [5, 5.41) is 26.2. The number of hydrogen-bond acceptors (Lipinski definition) is 4. The Morgan fingerprint density at radius 3 is 3.00 bits per heavy atom. The molecule has 1 aliphatic heterocycles. The molecule has 1 aromatic heterocycles. The molecule has 0 spiro atoms. The van der Waals surface area contributed by atoms with Crippen LogP contribution in [0.2, 0.25) is 0 Å². The highest BCUT2D eigenvalue weighted by Crippen LogP contribution is 2.21. The Labute approximate surface area is 122 Å². The number of amides is 1. The summed E-state index contributed by atoms with van der Waals surface area (Å²) in [6.07, 6.45) is 2.06. The molecular formula is C15H17N3O3. The fourth-order valence-corrected chi connectivity index (χ4v) is 2.80. The number of carbonyl (C=O) groups is 1. The maximum absolute atomic E-state index is 11.0. The number of nitrogens with zero attached hydrogens (tertiary/aromatic N) is 2. The van der Waals surface area contributed by atoms with Crippen LogP contribution in [0.15, 0.2) is 36.5 Å². The van der Waals surface area contributed by atoms with E-state index in [9.17, 15) is 15.1 Å². The van der Waals surface area contributed by atoms with Gasteiger partial charge >= 0.3 is 5.82 Å². The molecule has 2 N–H and O–H groups in total. The molecule has 1 aromatic carbocycles.